The smallest absolute Gasteiger partial charge is 0.224 e. The molecular formula is C19H30N2O2. The van der Waals surface area contributed by atoms with Gasteiger partial charge in [-0.05, 0) is 24.8 Å². The zero-order valence-corrected chi connectivity index (χ0v) is 14.2. The standard InChI is InChI=1S/C19H30N2O2/c1-15(18(20)16-9-4-2-5-10-16)19(22)21-13-8-14-23-17-11-6-3-7-12-17/h2,4-5,9-10,15,17-18H,3,6-8,11-14,20H2,1H3,(H,21,22). The van der Waals surface area contributed by atoms with Crippen molar-refractivity contribution in [3.63, 3.8) is 0 Å². The first-order valence-corrected chi connectivity index (χ1v) is 8.88. The van der Waals surface area contributed by atoms with Crippen LogP contribution in [0.15, 0.2) is 30.3 Å². The van der Waals surface area contributed by atoms with Crippen LogP contribution < -0.4 is 11.1 Å². The summed E-state index contributed by atoms with van der Waals surface area (Å²) >= 11 is 0. The molecule has 4 nitrogen and oxygen atoms in total. The van der Waals surface area contributed by atoms with Crippen molar-refractivity contribution in [1.82, 2.24) is 5.32 Å². The van der Waals surface area contributed by atoms with Gasteiger partial charge in [0, 0.05) is 19.2 Å². The minimum Gasteiger partial charge on any atom is -0.378 e. The molecule has 2 unspecified atom stereocenters. The number of rotatable bonds is 8. The molecule has 0 aromatic heterocycles. The van der Waals surface area contributed by atoms with E-state index < -0.39 is 0 Å². The Hall–Kier alpha value is -1.39. The van der Waals surface area contributed by atoms with Crippen LogP contribution in [0.5, 0.6) is 0 Å². The summed E-state index contributed by atoms with van der Waals surface area (Å²) in [7, 11) is 0. The molecule has 0 heterocycles. The summed E-state index contributed by atoms with van der Waals surface area (Å²) in [6.45, 7) is 3.26. The van der Waals surface area contributed by atoms with Gasteiger partial charge in [0.15, 0.2) is 0 Å². The number of carbonyl (C=O) groups excluding carboxylic acids is 1. The Morgan fingerprint density at radius 1 is 1.26 bits per heavy atom. The van der Waals surface area contributed by atoms with Gasteiger partial charge in [0.25, 0.3) is 0 Å². The molecule has 0 bridgehead atoms. The van der Waals surface area contributed by atoms with Gasteiger partial charge in [-0.2, -0.15) is 0 Å². The van der Waals surface area contributed by atoms with E-state index in [2.05, 4.69) is 5.32 Å². The molecule has 0 radical (unpaired) electrons. The van der Waals surface area contributed by atoms with E-state index in [1.54, 1.807) is 0 Å². The second-order valence-corrected chi connectivity index (χ2v) is 6.50. The van der Waals surface area contributed by atoms with E-state index in [1.165, 1.54) is 32.1 Å². The summed E-state index contributed by atoms with van der Waals surface area (Å²) in [5.74, 6) is -0.226. The molecule has 23 heavy (non-hydrogen) atoms. The van der Waals surface area contributed by atoms with Crippen molar-refractivity contribution in [2.45, 2.75) is 57.6 Å². The lowest BCUT2D eigenvalue weighted by Crippen LogP contribution is -2.36. The molecule has 2 rings (SSSR count). The molecule has 0 aliphatic heterocycles. The Bertz CT molecular complexity index is 458. The van der Waals surface area contributed by atoms with Gasteiger partial charge in [0.05, 0.1) is 12.0 Å². The van der Waals surface area contributed by atoms with Crippen LogP contribution >= 0.6 is 0 Å². The van der Waals surface area contributed by atoms with E-state index in [9.17, 15) is 4.79 Å². The second kappa shape index (κ2) is 9.68. The Morgan fingerprint density at radius 3 is 2.65 bits per heavy atom. The van der Waals surface area contributed by atoms with E-state index in [-0.39, 0.29) is 17.9 Å². The van der Waals surface area contributed by atoms with Gasteiger partial charge < -0.3 is 15.8 Å². The number of nitrogens with two attached hydrogens (primary N) is 1. The normalized spacial score (nSPS) is 18.3. The summed E-state index contributed by atoms with van der Waals surface area (Å²) in [5, 5.41) is 2.97. The number of ether oxygens (including phenoxy) is 1. The molecule has 1 fully saturated rings. The van der Waals surface area contributed by atoms with Gasteiger partial charge in [-0.1, -0.05) is 56.5 Å². The van der Waals surface area contributed by atoms with Crippen molar-refractivity contribution in [1.29, 1.82) is 0 Å². The minimum atomic E-state index is -0.269. The molecule has 1 aliphatic rings. The van der Waals surface area contributed by atoms with Crippen LogP contribution in [0.1, 0.15) is 57.1 Å². The average molecular weight is 318 g/mol. The molecule has 0 saturated heterocycles. The van der Waals surface area contributed by atoms with E-state index in [0.29, 0.717) is 12.6 Å². The van der Waals surface area contributed by atoms with E-state index >= 15 is 0 Å². The predicted molar refractivity (Wildman–Crippen MR) is 93.0 cm³/mol. The average Bonchev–Trinajstić information content (AvgIpc) is 2.61. The highest BCUT2D eigenvalue weighted by molar-refractivity contribution is 5.79. The minimum absolute atomic E-state index is 0.0130. The maximum absolute atomic E-state index is 12.2. The number of hydrogen-bond donors (Lipinski definition) is 2. The fraction of sp³-hybridized carbons (Fsp3) is 0.632. The van der Waals surface area contributed by atoms with Crippen LogP contribution in [0.25, 0.3) is 0 Å². The Balaban J connectivity index is 1.62. The first-order valence-electron chi connectivity index (χ1n) is 8.88. The number of amides is 1. The first kappa shape index (κ1) is 18.0. The summed E-state index contributed by atoms with van der Waals surface area (Å²) in [5.41, 5.74) is 7.18. The fourth-order valence-corrected chi connectivity index (χ4v) is 3.05. The Morgan fingerprint density at radius 2 is 1.96 bits per heavy atom. The summed E-state index contributed by atoms with van der Waals surface area (Å²) in [6, 6.07) is 9.51. The van der Waals surface area contributed by atoms with Crippen LogP contribution in [-0.4, -0.2) is 25.2 Å². The maximum Gasteiger partial charge on any atom is 0.224 e. The van der Waals surface area contributed by atoms with Crippen LogP contribution in [-0.2, 0) is 9.53 Å². The quantitative estimate of drug-likeness (QED) is 0.724. The molecule has 3 N–H and O–H groups in total. The number of benzene rings is 1. The lowest BCUT2D eigenvalue weighted by molar-refractivity contribution is -0.125. The van der Waals surface area contributed by atoms with Crippen molar-refractivity contribution in [2.75, 3.05) is 13.2 Å². The van der Waals surface area contributed by atoms with Crippen LogP contribution in [0.3, 0.4) is 0 Å². The zero-order chi connectivity index (χ0) is 16.5. The third kappa shape index (κ3) is 5.96. The topological polar surface area (TPSA) is 64.3 Å². The summed E-state index contributed by atoms with van der Waals surface area (Å²) in [6.07, 6.45) is 7.59. The first-order chi connectivity index (χ1) is 11.2. The lowest BCUT2D eigenvalue weighted by Gasteiger charge is -2.22. The summed E-state index contributed by atoms with van der Waals surface area (Å²) in [4.78, 5) is 12.2. The van der Waals surface area contributed by atoms with Gasteiger partial charge in [-0.15, -0.1) is 0 Å². The van der Waals surface area contributed by atoms with E-state index in [4.69, 9.17) is 10.5 Å². The zero-order valence-electron chi connectivity index (χ0n) is 14.2. The highest BCUT2D eigenvalue weighted by Gasteiger charge is 2.21. The highest BCUT2D eigenvalue weighted by Crippen LogP contribution is 2.20. The Kier molecular flexibility index (Phi) is 7.56. The third-order valence-electron chi connectivity index (χ3n) is 4.66. The Labute approximate surface area is 139 Å². The number of carbonyl (C=O) groups is 1. The van der Waals surface area contributed by atoms with Crippen molar-refractivity contribution in [2.24, 2.45) is 11.7 Å². The fourth-order valence-electron chi connectivity index (χ4n) is 3.05. The van der Waals surface area contributed by atoms with Crippen LogP contribution in [0, 0.1) is 5.92 Å². The lowest BCUT2D eigenvalue weighted by atomic mass is 9.95. The van der Waals surface area contributed by atoms with Gasteiger partial charge in [-0.3, -0.25) is 4.79 Å². The van der Waals surface area contributed by atoms with Crippen molar-refractivity contribution < 1.29 is 9.53 Å². The molecule has 1 amide bonds. The molecule has 1 saturated carbocycles. The monoisotopic (exact) mass is 318 g/mol. The van der Waals surface area contributed by atoms with E-state index in [1.807, 2.05) is 37.3 Å². The maximum atomic E-state index is 12.2. The predicted octanol–water partition coefficient (Wildman–Crippen LogP) is 3.18. The highest BCUT2D eigenvalue weighted by atomic mass is 16.5. The number of nitrogens with one attached hydrogen (secondary N) is 1. The SMILES string of the molecule is CC(C(=O)NCCCOC1CCCCC1)C(N)c1ccccc1. The van der Waals surface area contributed by atoms with Crippen molar-refractivity contribution in [3.05, 3.63) is 35.9 Å². The molecule has 4 heteroatoms. The molecule has 128 valence electrons. The van der Waals surface area contributed by atoms with Gasteiger partial charge in [0.1, 0.15) is 0 Å². The van der Waals surface area contributed by atoms with Crippen LogP contribution in [0.2, 0.25) is 0 Å². The van der Waals surface area contributed by atoms with E-state index in [0.717, 1.165) is 18.6 Å². The molecule has 1 aliphatic carbocycles. The molecule has 2 atom stereocenters. The molecule has 1 aromatic carbocycles. The van der Waals surface area contributed by atoms with Gasteiger partial charge in [0.2, 0.25) is 5.91 Å². The molecular weight excluding hydrogens is 288 g/mol. The van der Waals surface area contributed by atoms with Crippen molar-refractivity contribution in [3.8, 4) is 0 Å². The number of hydrogen-bond acceptors (Lipinski definition) is 3. The second-order valence-electron chi connectivity index (χ2n) is 6.50. The molecule has 0 spiro atoms. The van der Waals surface area contributed by atoms with Gasteiger partial charge >= 0.3 is 0 Å². The van der Waals surface area contributed by atoms with Gasteiger partial charge in [-0.25, -0.2) is 0 Å². The largest absolute Gasteiger partial charge is 0.378 e. The summed E-state index contributed by atoms with van der Waals surface area (Å²) < 4.78 is 5.87. The van der Waals surface area contributed by atoms with Crippen molar-refractivity contribution >= 4 is 5.91 Å². The third-order valence-corrected chi connectivity index (χ3v) is 4.66. The van der Waals surface area contributed by atoms with Crippen LogP contribution in [0.4, 0.5) is 0 Å². The molecule has 1 aromatic rings.